The van der Waals surface area contributed by atoms with E-state index < -0.39 is 0 Å². The van der Waals surface area contributed by atoms with Crippen LogP contribution in [0.15, 0.2) is 18.3 Å². The van der Waals surface area contributed by atoms with E-state index in [-0.39, 0.29) is 11.3 Å². The maximum absolute atomic E-state index is 11.9. The van der Waals surface area contributed by atoms with Crippen molar-refractivity contribution in [2.45, 2.75) is 46.5 Å². The minimum Gasteiger partial charge on any atom is -0.397 e. The number of aromatic nitrogens is 1. The van der Waals surface area contributed by atoms with Gasteiger partial charge in [-0.1, -0.05) is 40.0 Å². The van der Waals surface area contributed by atoms with E-state index >= 15 is 0 Å². The predicted molar refractivity (Wildman–Crippen MR) is 78.9 cm³/mol. The van der Waals surface area contributed by atoms with Crippen molar-refractivity contribution >= 4 is 11.6 Å². The van der Waals surface area contributed by atoms with Crippen molar-refractivity contribution in [1.82, 2.24) is 10.3 Å². The van der Waals surface area contributed by atoms with Crippen molar-refractivity contribution < 1.29 is 4.79 Å². The summed E-state index contributed by atoms with van der Waals surface area (Å²) in [6.45, 7) is 7.22. The summed E-state index contributed by atoms with van der Waals surface area (Å²) in [6, 6.07) is 3.34. The van der Waals surface area contributed by atoms with E-state index in [0.717, 1.165) is 6.42 Å². The van der Waals surface area contributed by atoms with Gasteiger partial charge in [0.2, 0.25) is 0 Å². The first kappa shape index (κ1) is 15.5. The zero-order chi connectivity index (χ0) is 14.3. The van der Waals surface area contributed by atoms with Crippen LogP contribution in [0.3, 0.4) is 0 Å². The predicted octanol–water partition coefficient (Wildman–Crippen LogP) is 3.00. The summed E-state index contributed by atoms with van der Waals surface area (Å²) in [5.41, 5.74) is 6.65. The summed E-state index contributed by atoms with van der Waals surface area (Å²) >= 11 is 0. The summed E-state index contributed by atoms with van der Waals surface area (Å²) in [7, 11) is 0. The molecule has 1 aromatic heterocycles. The molecule has 4 heteroatoms. The van der Waals surface area contributed by atoms with Gasteiger partial charge in [0.15, 0.2) is 0 Å². The Morgan fingerprint density at radius 1 is 1.37 bits per heavy atom. The number of amides is 1. The van der Waals surface area contributed by atoms with Crippen LogP contribution in [0.5, 0.6) is 0 Å². The second-order valence-electron chi connectivity index (χ2n) is 5.78. The van der Waals surface area contributed by atoms with Crippen molar-refractivity contribution in [3.05, 3.63) is 24.0 Å². The molecule has 4 nitrogen and oxygen atoms in total. The molecule has 19 heavy (non-hydrogen) atoms. The first-order valence-corrected chi connectivity index (χ1v) is 6.94. The van der Waals surface area contributed by atoms with Crippen LogP contribution < -0.4 is 11.1 Å². The van der Waals surface area contributed by atoms with E-state index in [4.69, 9.17) is 5.73 Å². The zero-order valence-electron chi connectivity index (χ0n) is 12.2. The Labute approximate surface area is 115 Å². The molecule has 0 aromatic carbocycles. The Kier molecular flexibility index (Phi) is 5.80. The second kappa shape index (κ2) is 7.12. The second-order valence-corrected chi connectivity index (χ2v) is 5.78. The SMILES string of the molecule is CCCCCC(C)(C)CNC(=O)c1ccc(N)cn1. The van der Waals surface area contributed by atoms with Gasteiger partial charge in [-0.05, 0) is 24.0 Å². The molecule has 1 heterocycles. The van der Waals surface area contributed by atoms with Crippen LogP contribution in [0.25, 0.3) is 0 Å². The summed E-state index contributed by atoms with van der Waals surface area (Å²) < 4.78 is 0. The summed E-state index contributed by atoms with van der Waals surface area (Å²) in [6.07, 6.45) is 6.30. The molecular formula is C15H25N3O. The molecule has 1 aromatic rings. The van der Waals surface area contributed by atoms with Gasteiger partial charge in [0.25, 0.3) is 5.91 Å². The monoisotopic (exact) mass is 263 g/mol. The van der Waals surface area contributed by atoms with Crippen molar-refractivity contribution in [3.63, 3.8) is 0 Å². The lowest BCUT2D eigenvalue weighted by Gasteiger charge is -2.24. The molecule has 0 bridgehead atoms. The van der Waals surface area contributed by atoms with Crippen LogP contribution in [-0.2, 0) is 0 Å². The number of nitrogens with two attached hydrogens (primary N) is 1. The van der Waals surface area contributed by atoms with Gasteiger partial charge in [0, 0.05) is 6.54 Å². The molecule has 3 N–H and O–H groups in total. The first-order chi connectivity index (χ1) is 8.94. The van der Waals surface area contributed by atoms with E-state index in [0.29, 0.717) is 17.9 Å². The maximum Gasteiger partial charge on any atom is 0.269 e. The number of nitrogens with one attached hydrogen (secondary N) is 1. The van der Waals surface area contributed by atoms with Gasteiger partial charge >= 0.3 is 0 Å². The fourth-order valence-electron chi connectivity index (χ4n) is 1.89. The Hall–Kier alpha value is -1.58. The van der Waals surface area contributed by atoms with Crippen LogP contribution in [-0.4, -0.2) is 17.4 Å². The first-order valence-electron chi connectivity index (χ1n) is 6.94. The largest absolute Gasteiger partial charge is 0.397 e. The molecular weight excluding hydrogens is 238 g/mol. The molecule has 0 saturated carbocycles. The normalized spacial score (nSPS) is 11.3. The van der Waals surface area contributed by atoms with Gasteiger partial charge in [-0.3, -0.25) is 4.79 Å². The number of rotatable bonds is 7. The molecule has 1 amide bonds. The molecule has 0 aliphatic carbocycles. The highest BCUT2D eigenvalue weighted by atomic mass is 16.1. The summed E-state index contributed by atoms with van der Waals surface area (Å²) in [5.74, 6) is -0.136. The van der Waals surface area contributed by atoms with Gasteiger partial charge in [-0.15, -0.1) is 0 Å². The van der Waals surface area contributed by atoms with Crippen molar-refractivity contribution in [3.8, 4) is 0 Å². The van der Waals surface area contributed by atoms with Crippen molar-refractivity contribution in [2.24, 2.45) is 5.41 Å². The molecule has 0 aliphatic heterocycles. The summed E-state index contributed by atoms with van der Waals surface area (Å²) in [5, 5.41) is 2.94. The topological polar surface area (TPSA) is 68.0 Å². The fraction of sp³-hybridized carbons (Fsp3) is 0.600. The van der Waals surface area contributed by atoms with Crippen LogP contribution in [0.1, 0.15) is 56.9 Å². The molecule has 0 spiro atoms. The van der Waals surface area contributed by atoms with Crippen LogP contribution >= 0.6 is 0 Å². The lowest BCUT2D eigenvalue weighted by molar-refractivity contribution is 0.0929. The van der Waals surface area contributed by atoms with Gasteiger partial charge < -0.3 is 11.1 Å². The number of carbonyl (C=O) groups excluding carboxylic acids is 1. The maximum atomic E-state index is 11.9. The number of pyridine rings is 1. The molecule has 1 rings (SSSR count). The van der Waals surface area contributed by atoms with Gasteiger partial charge in [0.1, 0.15) is 5.69 Å². The van der Waals surface area contributed by atoms with Crippen LogP contribution in [0, 0.1) is 5.41 Å². The molecule has 106 valence electrons. The average molecular weight is 263 g/mol. The molecule has 0 fully saturated rings. The zero-order valence-corrected chi connectivity index (χ0v) is 12.2. The third-order valence-electron chi connectivity index (χ3n) is 3.20. The molecule has 0 atom stereocenters. The number of nitrogens with zero attached hydrogens (tertiary/aromatic N) is 1. The van der Waals surface area contributed by atoms with E-state index in [1.54, 1.807) is 12.1 Å². The lowest BCUT2D eigenvalue weighted by Crippen LogP contribution is -2.34. The Balaban J connectivity index is 2.42. The Morgan fingerprint density at radius 2 is 2.11 bits per heavy atom. The number of hydrogen-bond acceptors (Lipinski definition) is 3. The van der Waals surface area contributed by atoms with Crippen LogP contribution in [0.2, 0.25) is 0 Å². The van der Waals surface area contributed by atoms with Gasteiger partial charge in [-0.25, -0.2) is 4.98 Å². The number of carbonyl (C=O) groups is 1. The van der Waals surface area contributed by atoms with E-state index in [1.165, 1.54) is 25.5 Å². The van der Waals surface area contributed by atoms with Crippen molar-refractivity contribution in [1.29, 1.82) is 0 Å². The molecule has 0 saturated heterocycles. The highest BCUT2D eigenvalue weighted by Gasteiger charge is 2.19. The number of unbranched alkanes of at least 4 members (excludes halogenated alkanes) is 2. The summed E-state index contributed by atoms with van der Waals surface area (Å²) in [4.78, 5) is 15.9. The Morgan fingerprint density at radius 3 is 2.68 bits per heavy atom. The molecule has 0 unspecified atom stereocenters. The highest BCUT2D eigenvalue weighted by molar-refractivity contribution is 5.92. The smallest absolute Gasteiger partial charge is 0.269 e. The third kappa shape index (κ3) is 5.73. The Bertz CT molecular complexity index is 398. The lowest BCUT2D eigenvalue weighted by atomic mass is 9.87. The quantitative estimate of drug-likeness (QED) is 0.743. The van der Waals surface area contributed by atoms with Gasteiger partial charge in [-0.2, -0.15) is 0 Å². The number of hydrogen-bond donors (Lipinski definition) is 2. The van der Waals surface area contributed by atoms with Crippen molar-refractivity contribution in [2.75, 3.05) is 12.3 Å². The third-order valence-corrected chi connectivity index (χ3v) is 3.20. The average Bonchev–Trinajstić information content (AvgIpc) is 2.37. The van der Waals surface area contributed by atoms with Crippen LogP contribution in [0.4, 0.5) is 5.69 Å². The number of nitrogen functional groups attached to an aromatic ring is 1. The molecule has 0 radical (unpaired) electrons. The minimum absolute atomic E-state index is 0.124. The highest BCUT2D eigenvalue weighted by Crippen LogP contribution is 2.22. The fourth-order valence-corrected chi connectivity index (χ4v) is 1.89. The standard InChI is InChI=1S/C15H25N3O/c1-4-5-6-9-15(2,3)11-18-14(19)13-8-7-12(16)10-17-13/h7-8,10H,4-6,9,11,16H2,1-3H3,(H,18,19). The van der Waals surface area contributed by atoms with E-state index in [9.17, 15) is 4.79 Å². The molecule has 0 aliphatic rings. The van der Waals surface area contributed by atoms with E-state index in [1.807, 2.05) is 0 Å². The van der Waals surface area contributed by atoms with E-state index in [2.05, 4.69) is 31.1 Å². The van der Waals surface area contributed by atoms with Gasteiger partial charge in [0.05, 0.1) is 11.9 Å². The minimum atomic E-state index is -0.136. The number of anilines is 1.